The Morgan fingerprint density at radius 3 is 2.77 bits per heavy atom. The minimum absolute atomic E-state index is 0.216. The molecule has 5 heteroatoms. The van der Waals surface area contributed by atoms with Gasteiger partial charge in [0.05, 0.1) is 0 Å². The molecule has 1 aliphatic heterocycles. The molecule has 1 amide bonds. The van der Waals surface area contributed by atoms with Crippen LogP contribution in [0.15, 0.2) is 0 Å². The van der Waals surface area contributed by atoms with Crippen LogP contribution in [0, 0.1) is 5.92 Å². The lowest BCUT2D eigenvalue weighted by Crippen LogP contribution is -2.51. The highest BCUT2D eigenvalue weighted by Crippen LogP contribution is 2.32. The first kappa shape index (κ1) is 17.5. The predicted molar refractivity (Wildman–Crippen MR) is 88.8 cm³/mol. The fourth-order valence-electron chi connectivity index (χ4n) is 3.66. The van der Waals surface area contributed by atoms with E-state index in [4.69, 9.17) is 10.5 Å². The van der Waals surface area contributed by atoms with Crippen molar-refractivity contribution in [1.82, 2.24) is 10.6 Å². The van der Waals surface area contributed by atoms with E-state index in [1.165, 1.54) is 32.1 Å². The molecule has 2 fully saturated rings. The number of ether oxygens (including phenoxy) is 1. The van der Waals surface area contributed by atoms with Crippen LogP contribution in [0.1, 0.15) is 65.7 Å². The summed E-state index contributed by atoms with van der Waals surface area (Å²) in [6.45, 7) is 7.03. The summed E-state index contributed by atoms with van der Waals surface area (Å²) in [5.41, 5.74) is 5.90. The largest absolute Gasteiger partial charge is 0.444 e. The molecule has 2 aliphatic rings. The van der Waals surface area contributed by atoms with Gasteiger partial charge in [0.15, 0.2) is 0 Å². The van der Waals surface area contributed by atoms with E-state index in [0.717, 1.165) is 25.3 Å². The van der Waals surface area contributed by atoms with Gasteiger partial charge in [-0.2, -0.15) is 0 Å². The van der Waals surface area contributed by atoms with Crippen molar-refractivity contribution >= 4 is 6.09 Å². The predicted octanol–water partition coefficient (Wildman–Crippen LogP) is 2.54. The molecule has 0 radical (unpaired) electrons. The number of amides is 1. The van der Waals surface area contributed by atoms with Crippen molar-refractivity contribution in [3.05, 3.63) is 0 Å². The smallest absolute Gasteiger partial charge is 0.407 e. The van der Waals surface area contributed by atoms with Crippen molar-refractivity contribution in [3.8, 4) is 0 Å². The van der Waals surface area contributed by atoms with E-state index >= 15 is 0 Å². The van der Waals surface area contributed by atoms with Crippen LogP contribution >= 0.6 is 0 Å². The summed E-state index contributed by atoms with van der Waals surface area (Å²) in [5.74, 6) is 0.790. The van der Waals surface area contributed by atoms with Gasteiger partial charge in [0.2, 0.25) is 0 Å². The van der Waals surface area contributed by atoms with Gasteiger partial charge in [-0.25, -0.2) is 4.79 Å². The Bertz CT molecular complexity index is 363. The third kappa shape index (κ3) is 5.43. The lowest BCUT2D eigenvalue weighted by molar-refractivity contribution is 0.0524. The number of carbonyl (C=O) groups excluding carboxylic acids is 1. The topological polar surface area (TPSA) is 76.4 Å². The summed E-state index contributed by atoms with van der Waals surface area (Å²) < 4.78 is 5.26. The molecule has 0 aromatic rings. The number of fused-ring (bicyclic) bond motifs is 1. The second kappa shape index (κ2) is 7.18. The summed E-state index contributed by atoms with van der Waals surface area (Å²) in [6, 6.07) is 0.651. The number of alkyl carbamates (subject to hydrolysis) is 1. The number of nitrogens with one attached hydrogen (secondary N) is 2. The highest BCUT2D eigenvalue weighted by molar-refractivity contribution is 5.67. The van der Waals surface area contributed by atoms with Crippen LogP contribution < -0.4 is 16.4 Å². The Hall–Kier alpha value is -0.810. The zero-order valence-corrected chi connectivity index (χ0v) is 14.4. The first-order valence-corrected chi connectivity index (χ1v) is 8.77. The maximum Gasteiger partial charge on any atom is 0.407 e. The minimum Gasteiger partial charge on any atom is -0.444 e. The lowest BCUT2D eigenvalue weighted by atomic mass is 9.81. The van der Waals surface area contributed by atoms with E-state index in [9.17, 15) is 4.79 Å². The van der Waals surface area contributed by atoms with Crippen LogP contribution in [-0.4, -0.2) is 36.4 Å². The number of nitrogens with two attached hydrogens (primary N) is 1. The third-order valence-electron chi connectivity index (χ3n) is 4.93. The molecule has 3 atom stereocenters. The number of rotatable bonds is 3. The molecule has 5 nitrogen and oxygen atoms in total. The molecular weight excluding hydrogens is 278 g/mol. The quantitative estimate of drug-likeness (QED) is 0.748. The second-order valence-electron chi connectivity index (χ2n) is 8.11. The molecule has 1 saturated heterocycles. The van der Waals surface area contributed by atoms with Gasteiger partial charge in [0.25, 0.3) is 0 Å². The summed E-state index contributed by atoms with van der Waals surface area (Å²) in [7, 11) is 0. The molecule has 0 aromatic heterocycles. The molecule has 0 spiro atoms. The molecule has 2 rings (SSSR count). The standard InChI is InChI=1S/C17H33N3O2/c1-16(2,3)22-15(21)19-11-10-17(18)9-8-13-6-4-5-7-14(13)20-12-17/h13-14,20H,4-12,18H2,1-3H3,(H,19,21)/t13-,14+,17?/m0/s1. The fourth-order valence-corrected chi connectivity index (χ4v) is 3.66. The van der Waals surface area contributed by atoms with E-state index < -0.39 is 5.60 Å². The van der Waals surface area contributed by atoms with Crippen molar-refractivity contribution in [2.75, 3.05) is 13.1 Å². The average Bonchev–Trinajstić information content (AvgIpc) is 2.58. The van der Waals surface area contributed by atoms with E-state index in [1.807, 2.05) is 20.8 Å². The van der Waals surface area contributed by atoms with E-state index in [1.54, 1.807) is 0 Å². The fraction of sp³-hybridized carbons (Fsp3) is 0.941. The molecule has 0 bridgehead atoms. The van der Waals surface area contributed by atoms with Gasteiger partial charge >= 0.3 is 6.09 Å². The monoisotopic (exact) mass is 311 g/mol. The van der Waals surface area contributed by atoms with Crippen molar-refractivity contribution in [2.45, 2.75) is 82.9 Å². The zero-order valence-electron chi connectivity index (χ0n) is 14.4. The Morgan fingerprint density at radius 1 is 1.32 bits per heavy atom. The van der Waals surface area contributed by atoms with Crippen molar-refractivity contribution in [3.63, 3.8) is 0 Å². The molecule has 1 aliphatic carbocycles. The van der Waals surface area contributed by atoms with Crippen molar-refractivity contribution in [2.24, 2.45) is 11.7 Å². The van der Waals surface area contributed by atoms with Crippen LogP contribution in [-0.2, 0) is 4.74 Å². The minimum atomic E-state index is -0.454. The molecule has 1 unspecified atom stereocenters. The van der Waals surface area contributed by atoms with Crippen LogP contribution in [0.4, 0.5) is 4.79 Å². The first-order valence-electron chi connectivity index (χ1n) is 8.77. The SMILES string of the molecule is CC(C)(C)OC(=O)NCCC1(N)CC[C@@H]2CCCC[C@H]2NC1. The number of hydrogen-bond acceptors (Lipinski definition) is 4. The Morgan fingerprint density at radius 2 is 2.05 bits per heavy atom. The number of carbonyl (C=O) groups is 1. The van der Waals surface area contributed by atoms with Crippen LogP contribution in [0.5, 0.6) is 0 Å². The van der Waals surface area contributed by atoms with Gasteiger partial charge in [-0.1, -0.05) is 12.8 Å². The third-order valence-corrected chi connectivity index (χ3v) is 4.93. The average molecular weight is 311 g/mol. The van der Waals surface area contributed by atoms with Crippen LogP contribution in [0.2, 0.25) is 0 Å². The Kier molecular flexibility index (Phi) is 5.72. The van der Waals surface area contributed by atoms with E-state index in [0.29, 0.717) is 12.6 Å². The molecule has 128 valence electrons. The lowest BCUT2D eigenvalue weighted by Gasteiger charge is -2.30. The highest BCUT2D eigenvalue weighted by Gasteiger charge is 2.34. The molecule has 0 aromatic carbocycles. The van der Waals surface area contributed by atoms with Crippen LogP contribution in [0.25, 0.3) is 0 Å². The summed E-state index contributed by atoms with van der Waals surface area (Å²) in [6.07, 6.45) is 8.01. The second-order valence-corrected chi connectivity index (χ2v) is 8.11. The van der Waals surface area contributed by atoms with E-state index in [-0.39, 0.29) is 11.6 Å². The van der Waals surface area contributed by atoms with Crippen molar-refractivity contribution < 1.29 is 9.53 Å². The maximum absolute atomic E-state index is 11.7. The first-order chi connectivity index (χ1) is 10.3. The molecule has 1 heterocycles. The normalized spacial score (nSPS) is 32.7. The summed E-state index contributed by atoms with van der Waals surface area (Å²) >= 11 is 0. The molecular formula is C17H33N3O2. The van der Waals surface area contributed by atoms with E-state index in [2.05, 4.69) is 10.6 Å². The van der Waals surface area contributed by atoms with Gasteiger partial charge < -0.3 is 21.1 Å². The van der Waals surface area contributed by atoms with Gasteiger partial charge in [-0.05, 0) is 58.8 Å². The molecule has 22 heavy (non-hydrogen) atoms. The van der Waals surface area contributed by atoms with Gasteiger partial charge in [0.1, 0.15) is 5.60 Å². The summed E-state index contributed by atoms with van der Waals surface area (Å²) in [5, 5.41) is 6.51. The van der Waals surface area contributed by atoms with Gasteiger partial charge in [-0.3, -0.25) is 0 Å². The molecule has 1 saturated carbocycles. The zero-order chi connectivity index (χ0) is 16.2. The van der Waals surface area contributed by atoms with Gasteiger partial charge in [0, 0.05) is 24.7 Å². The highest BCUT2D eigenvalue weighted by atomic mass is 16.6. The number of hydrogen-bond donors (Lipinski definition) is 3. The van der Waals surface area contributed by atoms with Crippen LogP contribution in [0.3, 0.4) is 0 Å². The van der Waals surface area contributed by atoms with Crippen molar-refractivity contribution in [1.29, 1.82) is 0 Å². The molecule has 4 N–H and O–H groups in total. The van der Waals surface area contributed by atoms with Gasteiger partial charge in [-0.15, -0.1) is 0 Å². The Balaban J connectivity index is 1.75. The maximum atomic E-state index is 11.7. The summed E-state index contributed by atoms with van der Waals surface area (Å²) in [4.78, 5) is 11.7. The Labute approximate surface area is 134 Å².